The maximum absolute atomic E-state index is 11.6. The van der Waals surface area contributed by atoms with E-state index in [0.717, 1.165) is 0 Å². The van der Waals surface area contributed by atoms with E-state index in [2.05, 4.69) is 9.97 Å². The summed E-state index contributed by atoms with van der Waals surface area (Å²) in [7, 11) is 0. The molecule has 6 nitrogen and oxygen atoms in total. The Morgan fingerprint density at radius 2 is 2.26 bits per heavy atom. The number of rotatable bonds is 3. The lowest BCUT2D eigenvalue weighted by Crippen LogP contribution is -2.28. The van der Waals surface area contributed by atoms with Gasteiger partial charge in [-0.3, -0.25) is 0 Å². The summed E-state index contributed by atoms with van der Waals surface area (Å²) in [4.78, 5) is 19.8. The van der Waals surface area contributed by atoms with Crippen LogP contribution in [0.2, 0.25) is 0 Å². The van der Waals surface area contributed by atoms with Gasteiger partial charge in [-0.1, -0.05) is 0 Å². The molecule has 98 valence electrons. The number of carbonyl (C=O) groups excluding carboxylic acids is 1. The highest BCUT2D eigenvalue weighted by atomic mass is 16.5. The molecule has 19 heavy (non-hydrogen) atoms. The summed E-state index contributed by atoms with van der Waals surface area (Å²) in [5, 5.41) is 11.6. The van der Waals surface area contributed by atoms with Crippen LogP contribution in [0.3, 0.4) is 0 Å². The molecule has 0 saturated heterocycles. The lowest BCUT2D eigenvalue weighted by atomic mass is 10.2. The van der Waals surface area contributed by atoms with Crippen LogP contribution in [-0.2, 0) is 4.74 Å². The Kier molecular flexibility index (Phi) is 3.70. The molecule has 0 unspecified atom stereocenters. The standard InChI is InChI=1S/C13H13N3O3/c1-3-19-13(17)10-8-14-12(15-9(10)2)11-6-4-5-7-16(11)18/h4-8H,3H2,1-2H3. The molecule has 0 N–H and O–H groups in total. The third-order valence-electron chi connectivity index (χ3n) is 2.53. The fourth-order valence-electron chi connectivity index (χ4n) is 1.60. The average Bonchev–Trinajstić information content (AvgIpc) is 2.39. The van der Waals surface area contributed by atoms with Crippen molar-refractivity contribution >= 4 is 5.97 Å². The Morgan fingerprint density at radius 3 is 2.89 bits per heavy atom. The van der Waals surface area contributed by atoms with Gasteiger partial charge in [0.1, 0.15) is 0 Å². The van der Waals surface area contributed by atoms with Crippen molar-refractivity contribution in [3.8, 4) is 11.5 Å². The lowest BCUT2D eigenvalue weighted by molar-refractivity contribution is -0.594. The Labute approximate surface area is 110 Å². The largest absolute Gasteiger partial charge is 0.618 e. The SMILES string of the molecule is CCOC(=O)c1cnc(-c2cccc[n+]2[O-])nc1C. The summed E-state index contributed by atoms with van der Waals surface area (Å²) in [6.45, 7) is 3.70. The first-order chi connectivity index (χ1) is 9.13. The van der Waals surface area contributed by atoms with Crippen molar-refractivity contribution in [2.75, 3.05) is 6.61 Å². The topological polar surface area (TPSA) is 79.0 Å². The van der Waals surface area contributed by atoms with Gasteiger partial charge in [0.25, 0.3) is 5.69 Å². The molecule has 0 aliphatic carbocycles. The molecule has 6 heteroatoms. The lowest BCUT2D eigenvalue weighted by Gasteiger charge is -2.06. The monoisotopic (exact) mass is 259 g/mol. The van der Waals surface area contributed by atoms with Crippen molar-refractivity contribution in [2.24, 2.45) is 0 Å². The molecule has 0 bridgehead atoms. The summed E-state index contributed by atoms with van der Waals surface area (Å²) in [5.74, 6) is -0.184. The Bertz CT molecular complexity index is 614. The molecule has 0 aliphatic rings. The second-order valence-electron chi connectivity index (χ2n) is 3.82. The maximum Gasteiger partial charge on any atom is 0.341 e. The number of hydrogen-bond acceptors (Lipinski definition) is 5. The van der Waals surface area contributed by atoms with E-state index in [-0.39, 0.29) is 5.82 Å². The van der Waals surface area contributed by atoms with Gasteiger partial charge in [-0.05, 0) is 19.9 Å². The molecule has 2 heterocycles. The van der Waals surface area contributed by atoms with E-state index in [0.29, 0.717) is 28.3 Å². The molecule has 2 rings (SSSR count). The highest BCUT2D eigenvalue weighted by Crippen LogP contribution is 2.13. The van der Waals surface area contributed by atoms with Gasteiger partial charge in [0, 0.05) is 18.3 Å². The van der Waals surface area contributed by atoms with Crippen LogP contribution in [0.1, 0.15) is 23.0 Å². The normalized spacial score (nSPS) is 10.2. The van der Waals surface area contributed by atoms with Gasteiger partial charge >= 0.3 is 5.97 Å². The molecule has 0 saturated carbocycles. The highest BCUT2D eigenvalue weighted by Gasteiger charge is 2.16. The van der Waals surface area contributed by atoms with Crippen LogP contribution in [0.15, 0.2) is 30.6 Å². The van der Waals surface area contributed by atoms with Crippen molar-refractivity contribution in [1.29, 1.82) is 0 Å². The Hall–Kier alpha value is -2.50. The van der Waals surface area contributed by atoms with Gasteiger partial charge in [0.05, 0.1) is 17.9 Å². The number of ether oxygens (including phenoxy) is 1. The Morgan fingerprint density at radius 1 is 1.47 bits per heavy atom. The van der Waals surface area contributed by atoms with Crippen LogP contribution >= 0.6 is 0 Å². The third-order valence-corrected chi connectivity index (χ3v) is 2.53. The average molecular weight is 259 g/mol. The maximum atomic E-state index is 11.6. The molecule has 0 spiro atoms. The van der Waals surface area contributed by atoms with Crippen LogP contribution in [-0.4, -0.2) is 22.5 Å². The Balaban J connectivity index is 2.39. The van der Waals surface area contributed by atoms with Crippen molar-refractivity contribution < 1.29 is 14.3 Å². The second-order valence-corrected chi connectivity index (χ2v) is 3.82. The van der Waals surface area contributed by atoms with E-state index in [9.17, 15) is 10.0 Å². The number of esters is 1. The summed E-state index contributed by atoms with van der Waals surface area (Å²) in [6.07, 6.45) is 2.75. The summed E-state index contributed by atoms with van der Waals surface area (Å²) in [6, 6.07) is 4.96. The number of aryl methyl sites for hydroxylation is 1. The molecular weight excluding hydrogens is 246 g/mol. The van der Waals surface area contributed by atoms with Crippen LogP contribution in [0.4, 0.5) is 0 Å². The molecule has 2 aromatic heterocycles. The van der Waals surface area contributed by atoms with Gasteiger partial charge in [0.2, 0.25) is 5.82 Å². The first-order valence-corrected chi connectivity index (χ1v) is 5.82. The molecule has 0 aliphatic heterocycles. The van der Waals surface area contributed by atoms with E-state index in [1.54, 1.807) is 32.0 Å². The van der Waals surface area contributed by atoms with E-state index in [4.69, 9.17) is 4.74 Å². The van der Waals surface area contributed by atoms with Gasteiger partial charge in [-0.2, -0.15) is 4.73 Å². The smallest absolute Gasteiger partial charge is 0.341 e. The van der Waals surface area contributed by atoms with Gasteiger partial charge in [-0.25, -0.2) is 14.8 Å². The molecular formula is C13H13N3O3. The van der Waals surface area contributed by atoms with E-state index >= 15 is 0 Å². The number of aromatic nitrogens is 3. The molecule has 0 atom stereocenters. The summed E-state index contributed by atoms with van der Waals surface area (Å²) < 4.78 is 5.57. The van der Waals surface area contributed by atoms with E-state index in [1.165, 1.54) is 12.4 Å². The van der Waals surface area contributed by atoms with Crippen LogP contribution < -0.4 is 4.73 Å². The van der Waals surface area contributed by atoms with Gasteiger partial charge in [-0.15, -0.1) is 0 Å². The van der Waals surface area contributed by atoms with Crippen molar-refractivity contribution in [3.05, 3.63) is 47.1 Å². The third kappa shape index (κ3) is 2.67. The van der Waals surface area contributed by atoms with Crippen molar-refractivity contribution in [1.82, 2.24) is 9.97 Å². The fourth-order valence-corrected chi connectivity index (χ4v) is 1.60. The first-order valence-electron chi connectivity index (χ1n) is 5.82. The second kappa shape index (κ2) is 5.43. The molecule has 0 radical (unpaired) electrons. The molecule has 0 amide bonds. The van der Waals surface area contributed by atoms with Crippen molar-refractivity contribution in [3.63, 3.8) is 0 Å². The van der Waals surface area contributed by atoms with Crippen LogP contribution in [0.25, 0.3) is 11.5 Å². The van der Waals surface area contributed by atoms with Gasteiger partial charge in [0.15, 0.2) is 6.20 Å². The predicted molar refractivity (Wildman–Crippen MR) is 67.1 cm³/mol. The van der Waals surface area contributed by atoms with Crippen molar-refractivity contribution in [2.45, 2.75) is 13.8 Å². The van der Waals surface area contributed by atoms with Crippen LogP contribution in [0, 0.1) is 12.1 Å². The zero-order chi connectivity index (χ0) is 13.8. The minimum Gasteiger partial charge on any atom is -0.618 e. The zero-order valence-electron chi connectivity index (χ0n) is 10.7. The number of pyridine rings is 1. The quantitative estimate of drug-likeness (QED) is 0.471. The highest BCUT2D eigenvalue weighted by molar-refractivity contribution is 5.90. The van der Waals surface area contributed by atoms with E-state index < -0.39 is 5.97 Å². The van der Waals surface area contributed by atoms with Gasteiger partial charge < -0.3 is 9.94 Å². The molecule has 2 aromatic rings. The minimum absolute atomic E-state index is 0.279. The number of nitrogens with zero attached hydrogens (tertiary/aromatic N) is 3. The number of hydrogen-bond donors (Lipinski definition) is 0. The summed E-state index contributed by atoms with van der Waals surface area (Å²) in [5.41, 5.74) is 1.12. The molecule has 0 aromatic carbocycles. The number of carbonyl (C=O) groups is 1. The molecule has 0 fully saturated rings. The fraction of sp³-hybridized carbons (Fsp3) is 0.231. The van der Waals surface area contributed by atoms with Crippen LogP contribution in [0.5, 0.6) is 0 Å². The van der Waals surface area contributed by atoms with E-state index in [1.807, 2.05) is 0 Å². The minimum atomic E-state index is -0.463. The summed E-state index contributed by atoms with van der Waals surface area (Å²) >= 11 is 0. The zero-order valence-corrected chi connectivity index (χ0v) is 10.7. The predicted octanol–water partition coefficient (Wildman–Crippen LogP) is 1.26. The first kappa shape index (κ1) is 12.9.